The van der Waals surface area contributed by atoms with E-state index in [0.717, 1.165) is 36.0 Å². The molecule has 0 radical (unpaired) electrons. The van der Waals surface area contributed by atoms with E-state index in [1.54, 1.807) is 0 Å². The highest BCUT2D eigenvalue weighted by Gasteiger charge is 2.22. The van der Waals surface area contributed by atoms with Crippen LogP contribution in [-0.2, 0) is 14.8 Å². The Kier molecular flexibility index (Phi) is 8.78. The van der Waals surface area contributed by atoms with Crippen LogP contribution in [0.15, 0.2) is 59.5 Å². The molecule has 1 fully saturated rings. The molecule has 9 nitrogen and oxygen atoms in total. The molecule has 1 unspecified atom stereocenters. The highest BCUT2D eigenvalue weighted by Crippen LogP contribution is 2.16. The average Bonchev–Trinajstić information content (AvgIpc) is 2.84. The first-order chi connectivity index (χ1) is 16.2. The number of rotatable bonds is 9. The van der Waals surface area contributed by atoms with Crippen LogP contribution in [0, 0.1) is 0 Å². The summed E-state index contributed by atoms with van der Waals surface area (Å²) >= 11 is 0. The molecule has 184 valence electrons. The van der Waals surface area contributed by atoms with E-state index in [-0.39, 0.29) is 29.0 Å². The molecule has 0 bridgehead atoms. The summed E-state index contributed by atoms with van der Waals surface area (Å²) in [7, 11) is 1.29. The van der Waals surface area contributed by atoms with Crippen molar-refractivity contribution in [3.8, 4) is 0 Å². The number of nitrogens with one attached hydrogen (secondary N) is 2. The lowest BCUT2D eigenvalue weighted by molar-refractivity contribution is -0.121. The van der Waals surface area contributed by atoms with Gasteiger partial charge >= 0.3 is 0 Å². The Hall–Kier alpha value is -2.79. The highest BCUT2D eigenvalue weighted by atomic mass is 32.2. The maximum absolute atomic E-state index is 12.7. The van der Waals surface area contributed by atoms with Gasteiger partial charge in [-0.15, -0.1) is 0 Å². The van der Waals surface area contributed by atoms with Gasteiger partial charge in [0.15, 0.2) is 0 Å². The lowest BCUT2D eigenvalue weighted by Gasteiger charge is -2.35. The molecule has 0 aliphatic carbocycles. The van der Waals surface area contributed by atoms with Crippen molar-refractivity contribution in [2.24, 2.45) is 0 Å². The summed E-state index contributed by atoms with van der Waals surface area (Å²) in [5.74, 6) is -0.824. The molecule has 1 saturated heterocycles. The molecule has 1 heterocycles. The van der Waals surface area contributed by atoms with Crippen LogP contribution in [0.25, 0.3) is 0 Å². The molecule has 1 aliphatic heterocycles. The molecule has 2 aromatic rings. The third-order valence-electron chi connectivity index (χ3n) is 5.86. The van der Waals surface area contributed by atoms with Crippen molar-refractivity contribution in [2.45, 2.75) is 10.9 Å². The maximum atomic E-state index is 12.7. The molecule has 1 atom stereocenters. The van der Waals surface area contributed by atoms with Crippen LogP contribution in [-0.4, -0.2) is 94.7 Å². The molecule has 0 aromatic heterocycles. The molecular formula is C24H33N5O4S. The number of carbonyl (C=O) groups is 2. The van der Waals surface area contributed by atoms with Crippen LogP contribution in [0.3, 0.4) is 0 Å². The molecule has 0 spiro atoms. The van der Waals surface area contributed by atoms with Crippen molar-refractivity contribution in [1.82, 2.24) is 24.7 Å². The molecule has 34 heavy (non-hydrogen) atoms. The minimum absolute atomic E-state index is 0.0194. The zero-order valence-corrected chi connectivity index (χ0v) is 20.7. The largest absolute Gasteiger partial charge is 0.346 e. The summed E-state index contributed by atoms with van der Waals surface area (Å²) in [6, 6.07) is 15.3. The second-order valence-electron chi connectivity index (χ2n) is 8.63. The Morgan fingerprint density at radius 1 is 1.00 bits per heavy atom. The summed E-state index contributed by atoms with van der Waals surface area (Å²) in [5, 5.41) is 5.63. The number of likely N-dealkylation sites (N-methyl/N-ethyl adjacent to an activating group) is 1. The molecule has 10 heteroatoms. The highest BCUT2D eigenvalue weighted by molar-refractivity contribution is 7.89. The minimum Gasteiger partial charge on any atom is -0.346 e. The average molecular weight is 488 g/mol. The van der Waals surface area contributed by atoms with Crippen LogP contribution in [0.4, 0.5) is 0 Å². The maximum Gasteiger partial charge on any atom is 0.251 e. The van der Waals surface area contributed by atoms with Crippen molar-refractivity contribution < 1.29 is 18.0 Å². The molecule has 1 aliphatic rings. The topological polar surface area (TPSA) is 102 Å². The number of piperazine rings is 1. The number of sulfonamides is 1. The monoisotopic (exact) mass is 487 g/mol. The van der Waals surface area contributed by atoms with E-state index in [4.69, 9.17) is 0 Å². The van der Waals surface area contributed by atoms with Crippen molar-refractivity contribution >= 4 is 21.8 Å². The van der Waals surface area contributed by atoms with Gasteiger partial charge in [0.25, 0.3) is 5.91 Å². The quantitative estimate of drug-likeness (QED) is 0.542. The summed E-state index contributed by atoms with van der Waals surface area (Å²) in [5.41, 5.74) is 1.18. The normalized spacial score (nSPS) is 16.2. The number of carbonyl (C=O) groups excluding carboxylic acids is 2. The standard InChI is InChI=1S/C24H33N5O4S/c1-27(2)34(32,33)21-11-7-10-20(16-21)24(31)25-17-23(30)26-22(19-8-5-4-6-9-19)18-29-14-12-28(3)13-15-29/h4-11,16,22H,12-15,17-18H2,1-3H3,(H,25,31)(H,26,30). The van der Waals surface area contributed by atoms with Gasteiger partial charge < -0.3 is 15.5 Å². The van der Waals surface area contributed by atoms with Gasteiger partial charge in [0.2, 0.25) is 15.9 Å². The van der Waals surface area contributed by atoms with Gasteiger partial charge in [-0.1, -0.05) is 36.4 Å². The smallest absolute Gasteiger partial charge is 0.251 e. The first kappa shape index (κ1) is 25.8. The fourth-order valence-electron chi connectivity index (χ4n) is 3.72. The Morgan fingerprint density at radius 3 is 2.32 bits per heavy atom. The summed E-state index contributed by atoms with van der Waals surface area (Å²) < 4.78 is 25.8. The van der Waals surface area contributed by atoms with Gasteiger partial charge in [0.1, 0.15) is 0 Å². The lowest BCUT2D eigenvalue weighted by atomic mass is 10.1. The Labute approximate surface area is 201 Å². The van der Waals surface area contributed by atoms with E-state index in [0.29, 0.717) is 6.54 Å². The SMILES string of the molecule is CN1CCN(CC(NC(=O)CNC(=O)c2cccc(S(=O)(=O)N(C)C)c2)c2ccccc2)CC1. The van der Waals surface area contributed by atoms with E-state index < -0.39 is 15.9 Å². The predicted molar refractivity (Wildman–Crippen MR) is 131 cm³/mol. The van der Waals surface area contributed by atoms with E-state index in [1.165, 1.54) is 38.4 Å². The van der Waals surface area contributed by atoms with Crippen LogP contribution in [0.1, 0.15) is 22.0 Å². The van der Waals surface area contributed by atoms with Crippen molar-refractivity contribution in [3.05, 3.63) is 65.7 Å². The minimum atomic E-state index is -3.66. The van der Waals surface area contributed by atoms with Gasteiger partial charge in [-0.3, -0.25) is 14.5 Å². The van der Waals surface area contributed by atoms with Crippen molar-refractivity contribution in [2.75, 3.05) is 60.4 Å². The zero-order chi connectivity index (χ0) is 24.7. The Morgan fingerprint density at radius 2 is 1.68 bits per heavy atom. The molecule has 2 aromatic carbocycles. The summed E-state index contributed by atoms with van der Waals surface area (Å²) in [6.07, 6.45) is 0. The van der Waals surface area contributed by atoms with E-state index >= 15 is 0 Å². The zero-order valence-electron chi connectivity index (χ0n) is 19.9. The summed E-state index contributed by atoms with van der Waals surface area (Å²) in [4.78, 5) is 29.9. The van der Waals surface area contributed by atoms with Crippen LogP contribution in [0.2, 0.25) is 0 Å². The van der Waals surface area contributed by atoms with E-state index in [9.17, 15) is 18.0 Å². The van der Waals surface area contributed by atoms with Gasteiger partial charge in [-0.25, -0.2) is 12.7 Å². The van der Waals surface area contributed by atoms with Crippen molar-refractivity contribution in [1.29, 1.82) is 0 Å². The van der Waals surface area contributed by atoms with Crippen molar-refractivity contribution in [3.63, 3.8) is 0 Å². The Balaban J connectivity index is 1.62. The number of benzene rings is 2. The number of amides is 2. The van der Waals surface area contributed by atoms with Gasteiger partial charge in [-0.05, 0) is 30.8 Å². The second kappa shape index (κ2) is 11.6. The number of hydrogen-bond donors (Lipinski definition) is 2. The first-order valence-electron chi connectivity index (χ1n) is 11.2. The van der Waals surface area contributed by atoms with Crippen LogP contribution in [0.5, 0.6) is 0 Å². The van der Waals surface area contributed by atoms with E-state index in [1.807, 2.05) is 30.3 Å². The third-order valence-corrected chi connectivity index (χ3v) is 7.67. The molecule has 3 rings (SSSR count). The molecule has 2 N–H and O–H groups in total. The van der Waals surface area contributed by atoms with Gasteiger partial charge in [0, 0.05) is 52.4 Å². The van der Waals surface area contributed by atoms with Gasteiger partial charge in [-0.2, -0.15) is 0 Å². The van der Waals surface area contributed by atoms with Gasteiger partial charge in [0.05, 0.1) is 17.5 Å². The second-order valence-corrected chi connectivity index (χ2v) is 10.8. The fraction of sp³-hybridized carbons (Fsp3) is 0.417. The number of hydrogen-bond acceptors (Lipinski definition) is 6. The first-order valence-corrected chi connectivity index (χ1v) is 12.7. The molecule has 2 amide bonds. The molecule has 0 saturated carbocycles. The summed E-state index contributed by atoms with van der Waals surface area (Å²) in [6.45, 7) is 4.29. The van der Waals surface area contributed by atoms with E-state index in [2.05, 4.69) is 27.5 Å². The molecular weight excluding hydrogens is 454 g/mol. The number of nitrogens with zero attached hydrogens (tertiary/aromatic N) is 3. The fourth-order valence-corrected chi connectivity index (χ4v) is 4.67. The predicted octanol–water partition coefficient (Wildman–Crippen LogP) is 0.772. The Bertz CT molecular complexity index is 1080. The van der Waals surface area contributed by atoms with Crippen LogP contribution >= 0.6 is 0 Å². The third kappa shape index (κ3) is 6.86. The van der Waals surface area contributed by atoms with Crippen LogP contribution < -0.4 is 10.6 Å². The lowest BCUT2D eigenvalue weighted by Crippen LogP contribution is -2.48.